The van der Waals surface area contributed by atoms with Crippen LogP contribution < -0.4 is 0 Å². The van der Waals surface area contributed by atoms with Crippen LogP contribution in [0.3, 0.4) is 0 Å². The highest BCUT2D eigenvalue weighted by atomic mass is 32.1. The van der Waals surface area contributed by atoms with Crippen molar-refractivity contribution in [3.05, 3.63) is 70.4 Å². The molecule has 0 saturated carbocycles. The lowest BCUT2D eigenvalue weighted by molar-refractivity contribution is 0.0537. The van der Waals surface area contributed by atoms with Crippen molar-refractivity contribution in [1.82, 2.24) is 19.8 Å². The van der Waals surface area contributed by atoms with Crippen molar-refractivity contribution in [3.63, 3.8) is 0 Å². The minimum atomic E-state index is -1.06. The van der Waals surface area contributed by atoms with Crippen LogP contribution in [0.15, 0.2) is 42.6 Å². The van der Waals surface area contributed by atoms with Crippen molar-refractivity contribution >= 4 is 23.2 Å². The third-order valence-electron chi connectivity index (χ3n) is 4.90. The highest BCUT2D eigenvalue weighted by molar-refractivity contribution is 7.17. The summed E-state index contributed by atoms with van der Waals surface area (Å²) in [5, 5.41) is 0.684. The molecule has 30 heavy (non-hydrogen) atoms. The van der Waals surface area contributed by atoms with E-state index in [0.717, 1.165) is 12.1 Å². The fourth-order valence-electron chi connectivity index (χ4n) is 3.26. The van der Waals surface area contributed by atoms with Crippen molar-refractivity contribution in [1.29, 1.82) is 0 Å². The van der Waals surface area contributed by atoms with Crippen LogP contribution in [0.5, 0.6) is 0 Å². The number of halogens is 2. The van der Waals surface area contributed by atoms with Crippen LogP contribution in [0.25, 0.3) is 10.7 Å². The Balaban J connectivity index is 1.43. The van der Waals surface area contributed by atoms with E-state index in [0.29, 0.717) is 47.5 Å². The summed E-state index contributed by atoms with van der Waals surface area (Å²) in [6.45, 7) is 3.12. The molecule has 1 fully saturated rings. The minimum absolute atomic E-state index is 0.0898. The molecule has 0 radical (unpaired) electrons. The van der Waals surface area contributed by atoms with Gasteiger partial charge < -0.3 is 9.80 Å². The molecule has 0 bridgehead atoms. The molecular formula is C21H18F2N4O2S. The number of piperazine rings is 1. The molecule has 2 aromatic heterocycles. The van der Waals surface area contributed by atoms with Crippen LogP contribution in [-0.2, 0) is 0 Å². The maximum Gasteiger partial charge on any atom is 0.265 e. The number of thiazole rings is 1. The zero-order valence-corrected chi connectivity index (χ0v) is 17.0. The van der Waals surface area contributed by atoms with Gasteiger partial charge in [-0.05, 0) is 37.3 Å². The number of aryl methyl sites for hydroxylation is 1. The van der Waals surface area contributed by atoms with Crippen LogP contribution >= 0.6 is 11.3 Å². The molecule has 4 rings (SSSR count). The topological polar surface area (TPSA) is 66.4 Å². The number of hydrogen-bond donors (Lipinski definition) is 0. The van der Waals surface area contributed by atoms with Gasteiger partial charge >= 0.3 is 0 Å². The molecule has 3 heterocycles. The fraction of sp³-hybridized carbons (Fsp3) is 0.238. The highest BCUT2D eigenvalue weighted by Crippen LogP contribution is 2.27. The number of pyridine rings is 1. The second-order valence-electron chi connectivity index (χ2n) is 6.86. The van der Waals surface area contributed by atoms with E-state index in [-0.39, 0.29) is 17.4 Å². The smallest absolute Gasteiger partial charge is 0.265 e. The molecule has 0 spiro atoms. The molecule has 0 aliphatic carbocycles. The van der Waals surface area contributed by atoms with Crippen LogP contribution in [0, 0.1) is 18.6 Å². The Morgan fingerprint density at radius 3 is 2.30 bits per heavy atom. The molecule has 0 N–H and O–H groups in total. The van der Waals surface area contributed by atoms with E-state index >= 15 is 0 Å². The van der Waals surface area contributed by atoms with Crippen molar-refractivity contribution in [2.75, 3.05) is 26.2 Å². The third kappa shape index (κ3) is 3.93. The number of rotatable bonds is 3. The van der Waals surface area contributed by atoms with Crippen LogP contribution in [-0.4, -0.2) is 57.8 Å². The Bertz CT molecular complexity index is 1100. The Morgan fingerprint density at radius 2 is 1.67 bits per heavy atom. The molecule has 1 aromatic carbocycles. The van der Waals surface area contributed by atoms with Gasteiger partial charge in [0.1, 0.15) is 9.88 Å². The summed E-state index contributed by atoms with van der Waals surface area (Å²) in [6.07, 6.45) is 1.68. The zero-order valence-electron chi connectivity index (χ0n) is 16.1. The monoisotopic (exact) mass is 428 g/mol. The van der Waals surface area contributed by atoms with Crippen LogP contribution in [0.4, 0.5) is 8.78 Å². The van der Waals surface area contributed by atoms with E-state index in [1.807, 2.05) is 18.2 Å². The molecule has 3 aromatic rings. The first-order valence-electron chi connectivity index (χ1n) is 9.36. The molecule has 6 nitrogen and oxygen atoms in total. The SMILES string of the molecule is Cc1nc(-c2ccccn2)sc1C(=O)N1CCN(C(=O)c2ccc(F)c(F)c2)CC1. The maximum atomic E-state index is 13.4. The van der Waals surface area contributed by atoms with Gasteiger partial charge in [0.05, 0.1) is 11.4 Å². The fourth-order valence-corrected chi connectivity index (χ4v) is 4.27. The lowest BCUT2D eigenvalue weighted by atomic mass is 10.1. The van der Waals surface area contributed by atoms with Gasteiger partial charge in [-0.1, -0.05) is 6.07 Å². The molecule has 154 valence electrons. The minimum Gasteiger partial charge on any atom is -0.335 e. The van der Waals surface area contributed by atoms with Gasteiger partial charge in [0, 0.05) is 37.9 Å². The molecule has 2 amide bonds. The van der Waals surface area contributed by atoms with Gasteiger partial charge in [-0.3, -0.25) is 14.6 Å². The first-order valence-corrected chi connectivity index (χ1v) is 10.2. The molecule has 1 aliphatic heterocycles. The zero-order chi connectivity index (χ0) is 21.3. The largest absolute Gasteiger partial charge is 0.335 e. The summed E-state index contributed by atoms with van der Waals surface area (Å²) in [5.74, 6) is -2.56. The summed E-state index contributed by atoms with van der Waals surface area (Å²) >= 11 is 1.30. The van der Waals surface area contributed by atoms with Gasteiger partial charge in [-0.25, -0.2) is 13.8 Å². The Morgan fingerprint density at radius 1 is 0.967 bits per heavy atom. The van der Waals surface area contributed by atoms with Gasteiger partial charge in [0.15, 0.2) is 11.6 Å². The number of nitrogens with zero attached hydrogens (tertiary/aromatic N) is 4. The lowest BCUT2D eigenvalue weighted by Gasteiger charge is -2.34. The lowest BCUT2D eigenvalue weighted by Crippen LogP contribution is -2.50. The van der Waals surface area contributed by atoms with E-state index < -0.39 is 11.6 Å². The van der Waals surface area contributed by atoms with Crippen molar-refractivity contribution in [2.24, 2.45) is 0 Å². The molecule has 1 saturated heterocycles. The summed E-state index contributed by atoms with van der Waals surface area (Å²) in [4.78, 5) is 38.0. The number of aromatic nitrogens is 2. The Labute approximate surface area is 175 Å². The Kier molecular flexibility index (Phi) is 5.54. The Hall–Kier alpha value is -3.20. The van der Waals surface area contributed by atoms with Crippen LogP contribution in [0.2, 0.25) is 0 Å². The first-order chi connectivity index (χ1) is 14.4. The standard InChI is InChI=1S/C21H18F2N4O2S/c1-13-18(30-19(25-13)17-4-2-3-7-24-17)21(29)27-10-8-26(9-11-27)20(28)14-5-6-15(22)16(23)12-14/h2-7,12H,8-11H2,1H3. The summed E-state index contributed by atoms with van der Waals surface area (Å²) in [6, 6.07) is 8.62. The highest BCUT2D eigenvalue weighted by Gasteiger charge is 2.28. The van der Waals surface area contributed by atoms with E-state index in [1.165, 1.54) is 22.3 Å². The molecule has 1 aliphatic rings. The number of carbonyl (C=O) groups excluding carboxylic acids is 2. The van der Waals surface area contributed by atoms with Gasteiger partial charge in [-0.2, -0.15) is 0 Å². The van der Waals surface area contributed by atoms with Crippen molar-refractivity contribution in [2.45, 2.75) is 6.92 Å². The molecule has 0 atom stereocenters. The predicted molar refractivity (Wildman–Crippen MR) is 108 cm³/mol. The molecular weight excluding hydrogens is 410 g/mol. The quantitative estimate of drug-likeness (QED) is 0.642. The van der Waals surface area contributed by atoms with Gasteiger partial charge in [0.2, 0.25) is 0 Å². The van der Waals surface area contributed by atoms with Gasteiger partial charge in [-0.15, -0.1) is 11.3 Å². The first kappa shape index (κ1) is 20.1. The third-order valence-corrected chi connectivity index (χ3v) is 6.06. The maximum absolute atomic E-state index is 13.4. The normalized spacial score (nSPS) is 14.1. The van der Waals surface area contributed by atoms with E-state index in [9.17, 15) is 18.4 Å². The van der Waals surface area contributed by atoms with E-state index in [1.54, 1.807) is 18.0 Å². The van der Waals surface area contributed by atoms with E-state index in [2.05, 4.69) is 9.97 Å². The average Bonchev–Trinajstić information content (AvgIpc) is 3.17. The van der Waals surface area contributed by atoms with Gasteiger partial charge in [0.25, 0.3) is 11.8 Å². The second-order valence-corrected chi connectivity index (χ2v) is 7.86. The number of benzene rings is 1. The molecule has 9 heteroatoms. The molecule has 0 unspecified atom stereocenters. The number of hydrogen-bond acceptors (Lipinski definition) is 5. The summed E-state index contributed by atoms with van der Waals surface area (Å²) < 4.78 is 26.5. The summed E-state index contributed by atoms with van der Waals surface area (Å²) in [7, 11) is 0. The number of amides is 2. The van der Waals surface area contributed by atoms with Crippen molar-refractivity contribution < 1.29 is 18.4 Å². The van der Waals surface area contributed by atoms with E-state index in [4.69, 9.17) is 0 Å². The second kappa shape index (κ2) is 8.27. The van der Waals surface area contributed by atoms with Crippen LogP contribution in [0.1, 0.15) is 25.7 Å². The average molecular weight is 428 g/mol. The van der Waals surface area contributed by atoms with Crippen molar-refractivity contribution in [3.8, 4) is 10.7 Å². The predicted octanol–water partition coefficient (Wildman–Crippen LogP) is 3.39. The summed E-state index contributed by atoms with van der Waals surface area (Å²) in [5.41, 5.74) is 1.45. The number of carbonyl (C=O) groups is 2.